The van der Waals surface area contributed by atoms with Crippen LogP contribution in [-0.4, -0.2) is 63.7 Å². The van der Waals surface area contributed by atoms with Gasteiger partial charge in [0.1, 0.15) is 5.69 Å². The predicted octanol–water partition coefficient (Wildman–Crippen LogP) is 2.25. The highest BCUT2D eigenvalue weighted by molar-refractivity contribution is 5.93. The van der Waals surface area contributed by atoms with Gasteiger partial charge in [-0.1, -0.05) is 0 Å². The number of rotatable bonds is 3. The third-order valence-electron chi connectivity index (χ3n) is 5.30. The van der Waals surface area contributed by atoms with Crippen molar-refractivity contribution in [1.82, 2.24) is 14.4 Å². The van der Waals surface area contributed by atoms with Gasteiger partial charge in [-0.25, -0.2) is 0 Å². The van der Waals surface area contributed by atoms with E-state index in [-0.39, 0.29) is 17.7 Å². The lowest BCUT2D eigenvalue weighted by Crippen LogP contribution is -2.49. The Morgan fingerprint density at radius 2 is 1.75 bits per heavy atom. The topological polar surface area (TPSA) is 48.7 Å². The zero-order valence-electron chi connectivity index (χ0n) is 14.0. The van der Waals surface area contributed by atoms with Gasteiger partial charge in [0.2, 0.25) is 0 Å². The molecule has 24 heavy (non-hydrogen) atoms. The Labute approximate surface area is 140 Å². The number of amides is 1. The van der Waals surface area contributed by atoms with Crippen LogP contribution in [0.5, 0.6) is 0 Å². The van der Waals surface area contributed by atoms with E-state index >= 15 is 0 Å². The van der Waals surface area contributed by atoms with Gasteiger partial charge in [0.05, 0.1) is 6.10 Å². The number of carbonyl (C=O) groups excluding carboxylic acids is 1. The van der Waals surface area contributed by atoms with E-state index in [1.807, 2.05) is 0 Å². The number of nitrogens with zero attached hydrogens (tertiary/aromatic N) is 3. The van der Waals surface area contributed by atoms with Crippen LogP contribution in [0.3, 0.4) is 0 Å². The number of alkyl halides is 2. The molecular formula is C17H25F2N3O2. The molecule has 1 N–H and O–H groups in total. The van der Waals surface area contributed by atoms with Crippen molar-refractivity contribution in [3.63, 3.8) is 0 Å². The van der Waals surface area contributed by atoms with Crippen LogP contribution < -0.4 is 0 Å². The van der Waals surface area contributed by atoms with Crippen molar-refractivity contribution >= 4 is 5.91 Å². The first-order chi connectivity index (χ1) is 11.5. The van der Waals surface area contributed by atoms with E-state index in [1.165, 1.54) is 6.07 Å². The van der Waals surface area contributed by atoms with Gasteiger partial charge in [0.15, 0.2) is 0 Å². The predicted molar refractivity (Wildman–Crippen MR) is 86.2 cm³/mol. The molecule has 2 aliphatic rings. The maximum Gasteiger partial charge on any atom is 0.319 e. The molecule has 134 valence electrons. The molecule has 0 radical (unpaired) electrons. The first-order valence-corrected chi connectivity index (χ1v) is 8.64. The highest BCUT2D eigenvalue weighted by Gasteiger charge is 2.31. The molecule has 1 aromatic rings. The zero-order chi connectivity index (χ0) is 17.3. The first kappa shape index (κ1) is 17.4. The molecule has 0 unspecified atom stereocenters. The summed E-state index contributed by atoms with van der Waals surface area (Å²) in [5.41, 5.74) is 0.470. The number of piperidine rings is 2. The number of carbonyl (C=O) groups is 1. The maximum absolute atomic E-state index is 13.2. The van der Waals surface area contributed by atoms with Crippen molar-refractivity contribution in [1.29, 1.82) is 0 Å². The molecule has 3 heterocycles. The lowest BCUT2D eigenvalue weighted by Gasteiger charge is -2.41. The van der Waals surface area contributed by atoms with Crippen molar-refractivity contribution in [2.45, 2.75) is 51.3 Å². The van der Waals surface area contributed by atoms with Crippen LogP contribution in [0.15, 0.2) is 12.1 Å². The van der Waals surface area contributed by atoms with Gasteiger partial charge in [-0.2, -0.15) is 8.78 Å². The van der Waals surface area contributed by atoms with Gasteiger partial charge in [0.25, 0.3) is 5.91 Å². The molecule has 0 aliphatic carbocycles. The van der Waals surface area contributed by atoms with Crippen molar-refractivity contribution in [2.75, 3.05) is 26.2 Å². The molecule has 0 spiro atoms. The highest BCUT2D eigenvalue weighted by Crippen LogP contribution is 2.24. The van der Waals surface area contributed by atoms with Crippen LogP contribution in [0.1, 0.15) is 48.4 Å². The Morgan fingerprint density at radius 1 is 1.12 bits per heavy atom. The second-order valence-corrected chi connectivity index (χ2v) is 6.80. The van der Waals surface area contributed by atoms with Crippen LogP contribution in [0.2, 0.25) is 0 Å². The minimum absolute atomic E-state index is 0.0713. The lowest BCUT2D eigenvalue weighted by molar-refractivity contribution is 0.0327. The van der Waals surface area contributed by atoms with Crippen LogP contribution >= 0.6 is 0 Å². The van der Waals surface area contributed by atoms with Gasteiger partial charge in [0, 0.05) is 37.9 Å². The SMILES string of the molecule is Cc1ccc(C(=O)N2CCC(N3CCC(O)CC3)CC2)n1C(F)F. The Kier molecular flexibility index (Phi) is 5.20. The van der Waals surface area contributed by atoms with Crippen LogP contribution in [0, 0.1) is 6.92 Å². The third kappa shape index (κ3) is 3.47. The molecule has 7 heteroatoms. The normalized spacial score (nSPS) is 21.6. The van der Waals surface area contributed by atoms with E-state index in [1.54, 1.807) is 17.9 Å². The van der Waals surface area contributed by atoms with Crippen LogP contribution in [0.25, 0.3) is 0 Å². The number of aromatic nitrogens is 1. The Morgan fingerprint density at radius 3 is 2.33 bits per heavy atom. The molecule has 0 aromatic carbocycles. The fraction of sp³-hybridized carbons (Fsp3) is 0.706. The number of aliphatic hydroxyl groups is 1. The number of likely N-dealkylation sites (tertiary alicyclic amines) is 2. The Balaban J connectivity index is 1.59. The summed E-state index contributed by atoms with van der Waals surface area (Å²) < 4.78 is 27.1. The number of halogens is 2. The summed E-state index contributed by atoms with van der Waals surface area (Å²) in [4.78, 5) is 16.7. The number of aliphatic hydroxyl groups excluding tert-OH is 1. The van der Waals surface area contributed by atoms with Gasteiger partial charge >= 0.3 is 6.55 Å². The van der Waals surface area contributed by atoms with E-state index in [0.717, 1.165) is 43.3 Å². The van der Waals surface area contributed by atoms with Crippen LogP contribution in [0.4, 0.5) is 8.78 Å². The summed E-state index contributed by atoms with van der Waals surface area (Å²) in [7, 11) is 0. The van der Waals surface area contributed by atoms with Crippen molar-refractivity contribution in [3.05, 3.63) is 23.5 Å². The van der Waals surface area contributed by atoms with E-state index in [9.17, 15) is 18.7 Å². The van der Waals surface area contributed by atoms with Crippen molar-refractivity contribution < 1.29 is 18.7 Å². The fourth-order valence-electron chi connectivity index (χ4n) is 3.83. The molecular weight excluding hydrogens is 316 g/mol. The molecule has 2 saturated heterocycles. The van der Waals surface area contributed by atoms with Gasteiger partial charge < -0.3 is 14.9 Å². The average Bonchev–Trinajstić information content (AvgIpc) is 2.97. The summed E-state index contributed by atoms with van der Waals surface area (Å²) in [5, 5.41) is 9.60. The molecule has 2 aliphatic heterocycles. The minimum Gasteiger partial charge on any atom is -0.393 e. The maximum atomic E-state index is 13.2. The number of hydrogen-bond donors (Lipinski definition) is 1. The number of hydrogen-bond acceptors (Lipinski definition) is 3. The minimum atomic E-state index is -2.70. The summed E-state index contributed by atoms with van der Waals surface area (Å²) in [6, 6.07) is 3.47. The molecule has 5 nitrogen and oxygen atoms in total. The molecule has 0 atom stereocenters. The third-order valence-corrected chi connectivity index (χ3v) is 5.30. The summed E-state index contributed by atoms with van der Waals surface area (Å²) in [5.74, 6) is -0.309. The largest absolute Gasteiger partial charge is 0.393 e. The van der Waals surface area contributed by atoms with E-state index < -0.39 is 6.55 Å². The monoisotopic (exact) mass is 341 g/mol. The second kappa shape index (κ2) is 7.19. The molecule has 3 rings (SSSR count). The summed E-state index contributed by atoms with van der Waals surface area (Å²) in [6.07, 6.45) is 3.14. The summed E-state index contributed by atoms with van der Waals surface area (Å²) in [6.45, 7) is 1.86. The molecule has 1 aromatic heterocycles. The second-order valence-electron chi connectivity index (χ2n) is 6.80. The quantitative estimate of drug-likeness (QED) is 0.917. The summed E-state index contributed by atoms with van der Waals surface area (Å²) >= 11 is 0. The molecule has 2 fully saturated rings. The fourth-order valence-corrected chi connectivity index (χ4v) is 3.83. The Bertz CT molecular complexity index is 574. The molecule has 1 amide bonds. The first-order valence-electron chi connectivity index (χ1n) is 8.64. The smallest absolute Gasteiger partial charge is 0.319 e. The van der Waals surface area contributed by atoms with Gasteiger partial charge in [-0.3, -0.25) is 9.36 Å². The van der Waals surface area contributed by atoms with Crippen LogP contribution in [-0.2, 0) is 0 Å². The molecule has 0 bridgehead atoms. The van der Waals surface area contributed by atoms with E-state index in [0.29, 0.717) is 24.8 Å². The number of aryl methyl sites for hydroxylation is 1. The zero-order valence-corrected chi connectivity index (χ0v) is 14.0. The average molecular weight is 341 g/mol. The van der Waals surface area contributed by atoms with Gasteiger partial charge in [-0.05, 0) is 44.7 Å². The molecule has 0 saturated carbocycles. The standard InChI is InChI=1S/C17H25F2N3O2/c1-12-2-3-15(22(12)17(18)19)16(24)21-8-4-13(5-9-21)20-10-6-14(23)7-11-20/h2-3,13-14,17,23H,4-11H2,1H3. The van der Waals surface area contributed by atoms with Crippen molar-refractivity contribution in [3.8, 4) is 0 Å². The van der Waals surface area contributed by atoms with E-state index in [2.05, 4.69) is 4.90 Å². The highest BCUT2D eigenvalue weighted by atomic mass is 19.3. The van der Waals surface area contributed by atoms with Gasteiger partial charge in [-0.15, -0.1) is 0 Å². The lowest BCUT2D eigenvalue weighted by atomic mass is 9.99. The van der Waals surface area contributed by atoms with E-state index in [4.69, 9.17) is 0 Å². The van der Waals surface area contributed by atoms with Crippen molar-refractivity contribution in [2.24, 2.45) is 0 Å². The Hall–Kier alpha value is -1.47.